The van der Waals surface area contributed by atoms with E-state index in [1.807, 2.05) is 26.0 Å². The number of rotatable bonds is 2. The molecule has 0 saturated carbocycles. The van der Waals surface area contributed by atoms with Crippen molar-refractivity contribution in [3.63, 3.8) is 0 Å². The molecule has 0 spiro atoms. The van der Waals surface area contributed by atoms with Crippen LogP contribution < -0.4 is 0 Å². The monoisotopic (exact) mass is 204 g/mol. The fourth-order valence-electron chi connectivity index (χ4n) is 1.33. The number of hydrogen-bond acceptors (Lipinski definition) is 4. The Morgan fingerprint density at radius 3 is 2.87 bits per heavy atom. The summed E-state index contributed by atoms with van der Waals surface area (Å²) in [5.74, 6) is 1.17. The molecule has 2 rings (SSSR count). The molecule has 78 valence electrons. The van der Waals surface area contributed by atoms with Crippen LogP contribution in [0.1, 0.15) is 18.3 Å². The maximum absolute atomic E-state index is 9.64. The minimum Gasteiger partial charge on any atom is -0.507 e. The van der Waals surface area contributed by atoms with Crippen molar-refractivity contribution in [2.45, 2.75) is 20.3 Å². The molecule has 0 saturated heterocycles. The Kier molecular flexibility index (Phi) is 2.41. The second-order valence-corrected chi connectivity index (χ2v) is 3.39. The Bertz CT molecular complexity index is 477. The van der Waals surface area contributed by atoms with E-state index in [0.29, 0.717) is 17.3 Å². The van der Waals surface area contributed by atoms with Crippen LogP contribution in [0.15, 0.2) is 22.7 Å². The first-order chi connectivity index (χ1) is 7.20. The predicted molar refractivity (Wildman–Crippen MR) is 55.5 cm³/mol. The molecular formula is C11H12N2O2. The van der Waals surface area contributed by atoms with Gasteiger partial charge in [0.15, 0.2) is 5.82 Å². The van der Waals surface area contributed by atoms with Gasteiger partial charge < -0.3 is 9.63 Å². The Morgan fingerprint density at radius 1 is 1.40 bits per heavy atom. The van der Waals surface area contributed by atoms with Crippen LogP contribution in [0, 0.1) is 6.92 Å². The van der Waals surface area contributed by atoms with Crippen LogP contribution in [-0.2, 0) is 6.42 Å². The van der Waals surface area contributed by atoms with Gasteiger partial charge in [-0.2, -0.15) is 4.98 Å². The fraction of sp³-hybridized carbons (Fsp3) is 0.273. The molecule has 1 aromatic carbocycles. The number of benzene rings is 1. The van der Waals surface area contributed by atoms with Crippen LogP contribution in [0.5, 0.6) is 5.75 Å². The first-order valence-corrected chi connectivity index (χ1v) is 4.83. The van der Waals surface area contributed by atoms with Crippen molar-refractivity contribution in [3.05, 3.63) is 29.6 Å². The van der Waals surface area contributed by atoms with E-state index in [-0.39, 0.29) is 5.75 Å². The van der Waals surface area contributed by atoms with E-state index in [4.69, 9.17) is 4.52 Å². The highest BCUT2D eigenvalue weighted by atomic mass is 16.5. The average Bonchev–Trinajstić information content (AvgIpc) is 2.70. The topological polar surface area (TPSA) is 59.2 Å². The van der Waals surface area contributed by atoms with Gasteiger partial charge in [-0.3, -0.25) is 0 Å². The summed E-state index contributed by atoms with van der Waals surface area (Å²) in [4.78, 5) is 4.16. The minimum absolute atomic E-state index is 0.159. The summed E-state index contributed by atoms with van der Waals surface area (Å²) >= 11 is 0. The summed E-state index contributed by atoms with van der Waals surface area (Å²) in [5, 5.41) is 13.4. The number of aromatic hydroxyl groups is 1. The van der Waals surface area contributed by atoms with Gasteiger partial charge in [-0.15, -0.1) is 0 Å². The van der Waals surface area contributed by atoms with Crippen molar-refractivity contribution in [2.75, 3.05) is 0 Å². The van der Waals surface area contributed by atoms with Crippen LogP contribution in [0.25, 0.3) is 11.5 Å². The summed E-state index contributed by atoms with van der Waals surface area (Å²) in [5.41, 5.74) is 1.63. The Morgan fingerprint density at radius 2 is 2.20 bits per heavy atom. The van der Waals surface area contributed by atoms with Gasteiger partial charge in [-0.1, -0.05) is 23.7 Å². The van der Waals surface area contributed by atoms with Gasteiger partial charge in [0, 0.05) is 6.42 Å². The minimum atomic E-state index is 0.159. The normalized spacial score (nSPS) is 10.5. The lowest BCUT2D eigenvalue weighted by Gasteiger charge is -1.99. The molecule has 4 nitrogen and oxygen atoms in total. The molecule has 0 aliphatic carbocycles. The highest BCUT2D eigenvalue weighted by Gasteiger charge is 2.11. The lowest BCUT2D eigenvalue weighted by atomic mass is 10.1. The van der Waals surface area contributed by atoms with Crippen LogP contribution in [-0.4, -0.2) is 15.2 Å². The molecule has 0 amide bonds. The number of aromatic nitrogens is 2. The lowest BCUT2D eigenvalue weighted by Crippen LogP contribution is -1.83. The van der Waals surface area contributed by atoms with Gasteiger partial charge in [0.25, 0.3) is 5.89 Å². The molecular weight excluding hydrogens is 192 g/mol. The highest BCUT2D eigenvalue weighted by molar-refractivity contribution is 5.62. The molecule has 0 aliphatic heterocycles. The van der Waals surface area contributed by atoms with E-state index >= 15 is 0 Å². The van der Waals surface area contributed by atoms with E-state index in [0.717, 1.165) is 12.0 Å². The second kappa shape index (κ2) is 3.73. The summed E-state index contributed by atoms with van der Waals surface area (Å²) in [6, 6.07) is 5.28. The standard InChI is InChI=1S/C11H12N2O2/c1-3-10-12-11(15-13-10)8-6-7(2)4-5-9(8)14/h4-6,14H,3H2,1-2H3. The molecule has 1 aromatic heterocycles. The smallest absolute Gasteiger partial charge is 0.261 e. The van der Waals surface area contributed by atoms with Crippen molar-refractivity contribution in [1.29, 1.82) is 0 Å². The largest absolute Gasteiger partial charge is 0.507 e. The molecule has 2 aromatic rings. The van der Waals surface area contributed by atoms with Gasteiger partial charge in [0.05, 0.1) is 5.56 Å². The number of hydrogen-bond donors (Lipinski definition) is 1. The van der Waals surface area contributed by atoms with Crippen molar-refractivity contribution in [2.24, 2.45) is 0 Å². The predicted octanol–water partition coefficient (Wildman–Crippen LogP) is 2.31. The zero-order valence-electron chi connectivity index (χ0n) is 8.69. The molecule has 1 heterocycles. The maximum Gasteiger partial charge on any atom is 0.261 e. The van der Waals surface area contributed by atoms with E-state index in [1.165, 1.54) is 0 Å². The molecule has 0 radical (unpaired) electrons. The zero-order chi connectivity index (χ0) is 10.8. The third-order valence-corrected chi connectivity index (χ3v) is 2.17. The molecule has 0 unspecified atom stereocenters. The number of nitrogens with zero attached hydrogens (tertiary/aromatic N) is 2. The summed E-state index contributed by atoms with van der Waals surface area (Å²) in [6.45, 7) is 3.89. The summed E-state index contributed by atoms with van der Waals surface area (Å²) in [7, 11) is 0. The molecule has 0 atom stereocenters. The Labute approximate surface area is 87.6 Å². The van der Waals surface area contributed by atoms with Crippen LogP contribution in [0.4, 0.5) is 0 Å². The maximum atomic E-state index is 9.64. The molecule has 15 heavy (non-hydrogen) atoms. The second-order valence-electron chi connectivity index (χ2n) is 3.39. The summed E-state index contributed by atoms with van der Waals surface area (Å²) < 4.78 is 5.06. The van der Waals surface area contributed by atoms with Crippen molar-refractivity contribution < 1.29 is 9.63 Å². The first kappa shape index (κ1) is 9.71. The van der Waals surface area contributed by atoms with E-state index in [1.54, 1.807) is 6.07 Å². The fourth-order valence-corrected chi connectivity index (χ4v) is 1.33. The molecule has 0 aliphatic rings. The quantitative estimate of drug-likeness (QED) is 0.815. The SMILES string of the molecule is CCc1noc(-c2cc(C)ccc2O)n1. The van der Waals surface area contributed by atoms with Gasteiger partial charge >= 0.3 is 0 Å². The highest BCUT2D eigenvalue weighted by Crippen LogP contribution is 2.28. The van der Waals surface area contributed by atoms with Gasteiger partial charge in [-0.25, -0.2) is 0 Å². The van der Waals surface area contributed by atoms with E-state index in [2.05, 4.69) is 10.1 Å². The van der Waals surface area contributed by atoms with Crippen LogP contribution in [0.3, 0.4) is 0 Å². The number of phenols is 1. The van der Waals surface area contributed by atoms with Crippen molar-refractivity contribution in [3.8, 4) is 17.2 Å². The molecule has 1 N–H and O–H groups in total. The third kappa shape index (κ3) is 1.83. The third-order valence-electron chi connectivity index (χ3n) is 2.17. The van der Waals surface area contributed by atoms with Crippen LogP contribution >= 0.6 is 0 Å². The number of phenolic OH excluding ortho intramolecular Hbond substituents is 1. The molecule has 0 bridgehead atoms. The molecule has 4 heteroatoms. The Balaban J connectivity index is 2.48. The van der Waals surface area contributed by atoms with Crippen molar-refractivity contribution >= 4 is 0 Å². The summed E-state index contributed by atoms with van der Waals surface area (Å²) in [6.07, 6.45) is 0.718. The van der Waals surface area contributed by atoms with Crippen LogP contribution in [0.2, 0.25) is 0 Å². The first-order valence-electron chi connectivity index (χ1n) is 4.83. The van der Waals surface area contributed by atoms with E-state index < -0.39 is 0 Å². The molecule has 0 fully saturated rings. The average molecular weight is 204 g/mol. The van der Waals surface area contributed by atoms with Crippen molar-refractivity contribution in [1.82, 2.24) is 10.1 Å². The van der Waals surface area contributed by atoms with Gasteiger partial charge in [0.2, 0.25) is 0 Å². The lowest BCUT2D eigenvalue weighted by molar-refractivity contribution is 0.418. The van der Waals surface area contributed by atoms with E-state index in [9.17, 15) is 5.11 Å². The van der Waals surface area contributed by atoms with Gasteiger partial charge in [-0.05, 0) is 19.1 Å². The number of aryl methyl sites for hydroxylation is 2. The Hall–Kier alpha value is -1.84. The zero-order valence-corrected chi connectivity index (χ0v) is 8.69. The van der Waals surface area contributed by atoms with Gasteiger partial charge in [0.1, 0.15) is 5.75 Å².